The highest BCUT2D eigenvalue weighted by atomic mass is 16.6. The van der Waals surface area contributed by atoms with Crippen LogP contribution >= 0.6 is 0 Å². The van der Waals surface area contributed by atoms with Crippen molar-refractivity contribution in [1.29, 1.82) is 0 Å². The van der Waals surface area contributed by atoms with Crippen molar-refractivity contribution in [1.82, 2.24) is 0 Å². The maximum absolute atomic E-state index is 12.3. The van der Waals surface area contributed by atoms with E-state index in [-0.39, 0.29) is 12.2 Å². The van der Waals surface area contributed by atoms with Gasteiger partial charge < -0.3 is 19.5 Å². The summed E-state index contributed by atoms with van der Waals surface area (Å²) in [5, 5.41) is 2.63. The fraction of sp³-hybridized carbons (Fsp3) is 0.286. The van der Waals surface area contributed by atoms with Crippen LogP contribution in [0.4, 0.5) is 5.69 Å². The van der Waals surface area contributed by atoms with Crippen molar-refractivity contribution in [3.8, 4) is 11.5 Å². The van der Waals surface area contributed by atoms with Gasteiger partial charge in [-0.1, -0.05) is 18.2 Å². The number of rotatable bonds is 6. The van der Waals surface area contributed by atoms with E-state index in [1.165, 1.54) is 13.8 Å². The Hall–Kier alpha value is -3.35. The summed E-state index contributed by atoms with van der Waals surface area (Å²) in [6.45, 7) is 3.85. The summed E-state index contributed by atoms with van der Waals surface area (Å²) in [6.07, 6.45) is -1.01. The molecule has 2 aromatic carbocycles. The van der Waals surface area contributed by atoms with E-state index in [2.05, 4.69) is 5.32 Å². The van der Waals surface area contributed by atoms with Gasteiger partial charge in [0, 0.05) is 5.56 Å². The predicted octanol–water partition coefficient (Wildman–Crippen LogP) is 2.77. The summed E-state index contributed by atoms with van der Waals surface area (Å²) in [5.74, 6) is 0.00555. The molecule has 7 heteroatoms. The van der Waals surface area contributed by atoms with Crippen LogP contribution in [-0.2, 0) is 20.7 Å². The van der Waals surface area contributed by atoms with Crippen LogP contribution in [0, 0.1) is 0 Å². The molecule has 7 nitrogen and oxygen atoms in total. The van der Waals surface area contributed by atoms with Crippen LogP contribution in [0.25, 0.3) is 0 Å². The third-order valence-electron chi connectivity index (χ3n) is 4.20. The fourth-order valence-corrected chi connectivity index (χ4v) is 2.79. The number of ether oxygens (including phenoxy) is 3. The number of fused-ring (bicyclic) bond motifs is 1. The van der Waals surface area contributed by atoms with E-state index in [1.807, 2.05) is 0 Å². The zero-order valence-electron chi connectivity index (χ0n) is 15.7. The number of carbonyl (C=O) groups is 3. The normalized spacial score (nSPS) is 13.4. The Morgan fingerprint density at radius 3 is 2.54 bits per heavy atom. The van der Waals surface area contributed by atoms with Crippen LogP contribution in [0.1, 0.15) is 29.8 Å². The molecular weight excluding hydrogens is 362 g/mol. The van der Waals surface area contributed by atoms with Crippen molar-refractivity contribution in [2.75, 3.05) is 18.5 Å². The molecule has 0 fully saturated rings. The first-order chi connectivity index (χ1) is 13.4. The molecule has 2 aromatic rings. The predicted molar refractivity (Wildman–Crippen MR) is 102 cm³/mol. The van der Waals surface area contributed by atoms with Crippen molar-refractivity contribution in [3.05, 3.63) is 53.6 Å². The Labute approximate surface area is 162 Å². The second-order valence-corrected chi connectivity index (χ2v) is 6.38. The zero-order chi connectivity index (χ0) is 20.1. The van der Waals surface area contributed by atoms with Gasteiger partial charge in [-0.05, 0) is 43.7 Å². The molecule has 146 valence electrons. The lowest BCUT2D eigenvalue weighted by atomic mass is 10.1. The van der Waals surface area contributed by atoms with Crippen LogP contribution in [0.2, 0.25) is 0 Å². The summed E-state index contributed by atoms with van der Waals surface area (Å²) >= 11 is 0. The summed E-state index contributed by atoms with van der Waals surface area (Å²) in [7, 11) is 0. The van der Waals surface area contributed by atoms with Gasteiger partial charge in [-0.15, -0.1) is 0 Å². The minimum atomic E-state index is -1.01. The summed E-state index contributed by atoms with van der Waals surface area (Å²) in [4.78, 5) is 36.2. The molecular formula is C21H21NO6. The largest absolute Gasteiger partial charge is 0.486 e. The Morgan fingerprint density at radius 1 is 1.07 bits per heavy atom. The van der Waals surface area contributed by atoms with Crippen LogP contribution in [-0.4, -0.2) is 37.0 Å². The summed E-state index contributed by atoms with van der Waals surface area (Å²) in [6, 6.07) is 11.9. The van der Waals surface area contributed by atoms with Gasteiger partial charge in [0.1, 0.15) is 13.2 Å². The van der Waals surface area contributed by atoms with Gasteiger partial charge in [0.15, 0.2) is 23.4 Å². The van der Waals surface area contributed by atoms with Gasteiger partial charge in [-0.3, -0.25) is 14.4 Å². The first-order valence-corrected chi connectivity index (χ1v) is 8.93. The molecule has 0 spiro atoms. The second kappa shape index (κ2) is 8.56. The summed E-state index contributed by atoms with van der Waals surface area (Å²) in [5.41, 5.74) is 1.48. The Morgan fingerprint density at radius 2 is 1.79 bits per heavy atom. The Bertz CT molecular complexity index is 908. The van der Waals surface area contributed by atoms with E-state index in [4.69, 9.17) is 14.2 Å². The lowest BCUT2D eigenvalue weighted by Crippen LogP contribution is -2.31. The van der Waals surface area contributed by atoms with Crippen LogP contribution in [0.5, 0.6) is 11.5 Å². The molecule has 0 unspecified atom stereocenters. The lowest BCUT2D eigenvalue weighted by Gasteiger charge is -2.19. The molecule has 0 saturated heterocycles. The van der Waals surface area contributed by atoms with E-state index in [0.717, 1.165) is 0 Å². The monoisotopic (exact) mass is 383 g/mol. The average Bonchev–Trinajstić information content (AvgIpc) is 2.68. The first-order valence-electron chi connectivity index (χ1n) is 8.93. The van der Waals surface area contributed by atoms with Gasteiger partial charge >= 0.3 is 5.97 Å². The highest BCUT2D eigenvalue weighted by Crippen LogP contribution is 2.31. The molecule has 0 radical (unpaired) electrons. The van der Waals surface area contributed by atoms with Crippen molar-refractivity contribution in [2.45, 2.75) is 26.4 Å². The van der Waals surface area contributed by atoms with E-state index in [9.17, 15) is 14.4 Å². The standard InChI is InChI=1S/C21H21NO6/c1-13(23)16-5-3-4-6-17(16)22-21(25)14(2)28-20(24)12-15-7-8-18-19(11-15)27-10-9-26-18/h3-8,11,14H,9-10,12H2,1-2H3,(H,22,25)/t14-/m1/s1. The second-order valence-electron chi connectivity index (χ2n) is 6.38. The average molecular weight is 383 g/mol. The third-order valence-corrected chi connectivity index (χ3v) is 4.20. The molecule has 1 amide bonds. The smallest absolute Gasteiger partial charge is 0.311 e. The van der Waals surface area contributed by atoms with Crippen LogP contribution in [0.3, 0.4) is 0 Å². The highest BCUT2D eigenvalue weighted by Gasteiger charge is 2.20. The van der Waals surface area contributed by atoms with Crippen molar-refractivity contribution in [3.63, 3.8) is 0 Å². The van der Waals surface area contributed by atoms with E-state index in [0.29, 0.717) is 41.5 Å². The molecule has 0 bridgehead atoms. The first kappa shape index (κ1) is 19.4. The molecule has 28 heavy (non-hydrogen) atoms. The number of para-hydroxylation sites is 1. The molecule has 0 saturated carbocycles. The van der Waals surface area contributed by atoms with Crippen molar-refractivity contribution >= 4 is 23.3 Å². The number of benzene rings is 2. The number of ketones is 1. The lowest BCUT2D eigenvalue weighted by molar-refractivity contribution is -0.152. The zero-order valence-corrected chi connectivity index (χ0v) is 15.7. The van der Waals surface area contributed by atoms with E-state index < -0.39 is 18.0 Å². The van der Waals surface area contributed by atoms with Gasteiger partial charge in [-0.2, -0.15) is 0 Å². The maximum Gasteiger partial charge on any atom is 0.311 e. The van der Waals surface area contributed by atoms with Crippen molar-refractivity contribution < 1.29 is 28.6 Å². The molecule has 0 aliphatic carbocycles. The number of anilines is 1. The number of esters is 1. The molecule has 0 aromatic heterocycles. The Balaban J connectivity index is 1.58. The van der Waals surface area contributed by atoms with Crippen molar-refractivity contribution in [2.24, 2.45) is 0 Å². The van der Waals surface area contributed by atoms with E-state index in [1.54, 1.807) is 42.5 Å². The molecule has 1 N–H and O–H groups in total. The van der Waals surface area contributed by atoms with Gasteiger partial charge in [-0.25, -0.2) is 0 Å². The molecule has 1 aliphatic rings. The fourth-order valence-electron chi connectivity index (χ4n) is 2.79. The number of carbonyl (C=O) groups excluding carboxylic acids is 3. The van der Waals surface area contributed by atoms with Crippen LogP contribution < -0.4 is 14.8 Å². The Kier molecular flexibility index (Phi) is 5.93. The summed E-state index contributed by atoms with van der Waals surface area (Å²) < 4.78 is 16.2. The van der Waals surface area contributed by atoms with E-state index >= 15 is 0 Å². The van der Waals surface area contributed by atoms with Gasteiger partial charge in [0.2, 0.25) is 0 Å². The molecule has 1 aliphatic heterocycles. The molecule has 1 atom stereocenters. The quantitative estimate of drug-likeness (QED) is 0.609. The maximum atomic E-state index is 12.3. The molecule has 3 rings (SSSR count). The number of Topliss-reactive ketones (excluding diaryl/α,β-unsaturated/α-hetero) is 1. The topological polar surface area (TPSA) is 90.9 Å². The minimum absolute atomic E-state index is 0.00169. The molecule has 1 heterocycles. The van der Waals surface area contributed by atoms with Gasteiger partial charge in [0.05, 0.1) is 12.1 Å². The SMILES string of the molecule is CC(=O)c1ccccc1NC(=O)[C@@H](C)OC(=O)Cc1ccc2c(c1)OCCO2. The third kappa shape index (κ3) is 4.68. The highest BCUT2D eigenvalue weighted by molar-refractivity contribution is 6.04. The van der Waals surface area contributed by atoms with Crippen LogP contribution in [0.15, 0.2) is 42.5 Å². The number of amides is 1. The number of hydrogen-bond acceptors (Lipinski definition) is 6. The number of nitrogens with one attached hydrogen (secondary N) is 1. The minimum Gasteiger partial charge on any atom is -0.486 e. The number of hydrogen-bond donors (Lipinski definition) is 1. The van der Waals surface area contributed by atoms with Gasteiger partial charge in [0.25, 0.3) is 5.91 Å².